The van der Waals surface area contributed by atoms with E-state index in [1.54, 1.807) is 32.9 Å². The van der Waals surface area contributed by atoms with Gasteiger partial charge in [-0.3, -0.25) is 0 Å². The van der Waals surface area contributed by atoms with Crippen molar-refractivity contribution in [2.75, 3.05) is 12.3 Å². The number of aromatic carboxylic acids is 1. The van der Waals surface area contributed by atoms with E-state index in [1.165, 1.54) is 30.0 Å². The third-order valence-corrected chi connectivity index (χ3v) is 3.46. The summed E-state index contributed by atoms with van der Waals surface area (Å²) in [6.45, 7) is 5.26. The van der Waals surface area contributed by atoms with Crippen molar-refractivity contribution in [3.63, 3.8) is 0 Å². The molecule has 0 aliphatic heterocycles. The molecule has 1 amide bonds. The summed E-state index contributed by atoms with van der Waals surface area (Å²) in [4.78, 5) is 22.7. The Morgan fingerprint density at radius 2 is 1.88 bits per heavy atom. The number of carboxylic acid groups (broad SMARTS) is 1. The molecule has 1 N–H and O–H groups in total. The number of alkyl carbamates (subject to hydrolysis) is 1. The molecule has 0 atom stereocenters. The second-order valence-electron chi connectivity index (χ2n) is 5.63. The van der Waals surface area contributed by atoms with Crippen molar-refractivity contribution in [3.05, 3.63) is 41.7 Å². The molecule has 0 aliphatic carbocycles. The summed E-state index contributed by atoms with van der Waals surface area (Å²) in [5.74, 6) is -1.56. The molecule has 126 valence electrons. The van der Waals surface area contributed by atoms with Crippen molar-refractivity contribution in [3.8, 4) is 0 Å². The number of carbonyl (C=O) groups excluding carboxylic acids is 2. The fourth-order valence-corrected chi connectivity index (χ4v) is 2.21. The summed E-state index contributed by atoms with van der Waals surface area (Å²) in [6, 6.07) is 5.98. The van der Waals surface area contributed by atoms with E-state index in [2.05, 4.69) is 5.32 Å². The molecule has 0 saturated carbocycles. The van der Waals surface area contributed by atoms with Gasteiger partial charge in [-0.15, -0.1) is 11.8 Å². The maximum absolute atomic E-state index is 13.6. The Labute approximate surface area is 167 Å². The van der Waals surface area contributed by atoms with Crippen LogP contribution in [0.2, 0.25) is 0 Å². The van der Waals surface area contributed by atoms with Gasteiger partial charge in [0.1, 0.15) is 11.4 Å². The van der Waals surface area contributed by atoms with Gasteiger partial charge in [0.15, 0.2) is 0 Å². The summed E-state index contributed by atoms with van der Waals surface area (Å²) < 4.78 is 18.6. The number of amides is 1. The van der Waals surface area contributed by atoms with E-state index >= 15 is 0 Å². The van der Waals surface area contributed by atoms with Crippen molar-refractivity contribution >= 4 is 23.8 Å². The number of carboxylic acids is 1. The quantitative estimate of drug-likeness (QED) is 0.546. The van der Waals surface area contributed by atoms with Gasteiger partial charge in [-0.2, -0.15) is 0 Å². The Morgan fingerprint density at radius 3 is 2.38 bits per heavy atom. The van der Waals surface area contributed by atoms with Crippen molar-refractivity contribution in [2.45, 2.75) is 31.3 Å². The maximum Gasteiger partial charge on any atom is 1.00 e. The molecule has 0 spiro atoms. The van der Waals surface area contributed by atoms with Crippen molar-refractivity contribution in [1.82, 2.24) is 5.32 Å². The average molecular weight is 363 g/mol. The van der Waals surface area contributed by atoms with E-state index in [0.717, 1.165) is 4.90 Å². The number of thioether (sulfide) groups is 1. The SMILES string of the molecule is CC(C)(C)OC(=O)NC/C=C(\F)CSc1ccc(C(=O)[O-])cc1.[Na+]. The zero-order chi connectivity index (χ0) is 17.5. The van der Waals surface area contributed by atoms with Crippen LogP contribution in [0.1, 0.15) is 31.1 Å². The van der Waals surface area contributed by atoms with Gasteiger partial charge in [0.05, 0.1) is 5.97 Å². The number of hydrogen-bond donors (Lipinski definition) is 1. The zero-order valence-corrected chi connectivity index (χ0v) is 17.0. The molecule has 5 nitrogen and oxygen atoms in total. The zero-order valence-electron chi connectivity index (χ0n) is 14.2. The molecule has 0 unspecified atom stereocenters. The predicted octanol–water partition coefficient (Wildman–Crippen LogP) is -0.476. The van der Waals surface area contributed by atoms with Crippen LogP contribution in [0, 0.1) is 0 Å². The summed E-state index contributed by atoms with van der Waals surface area (Å²) in [5.41, 5.74) is -0.522. The van der Waals surface area contributed by atoms with Crippen molar-refractivity contribution < 1.29 is 53.4 Å². The van der Waals surface area contributed by atoms with E-state index in [9.17, 15) is 19.1 Å². The molecule has 1 aromatic rings. The first-order valence-electron chi connectivity index (χ1n) is 6.93. The van der Waals surface area contributed by atoms with Gasteiger partial charge < -0.3 is 20.0 Å². The number of nitrogens with one attached hydrogen (secondary N) is 1. The second-order valence-corrected chi connectivity index (χ2v) is 6.68. The molecule has 0 fully saturated rings. The number of ether oxygens (including phenoxy) is 1. The molecule has 0 radical (unpaired) electrons. The molecule has 0 bridgehead atoms. The molecule has 0 heterocycles. The molecule has 0 saturated heterocycles. The van der Waals surface area contributed by atoms with Gasteiger partial charge in [0, 0.05) is 17.2 Å². The summed E-state index contributed by atoms with van der Waals surface area (Å²) in [5, 5.41) is 13.0. The minimum absolute atomic E-state index is 0. The first-order chi connectivity index (χ1) is 10.7. The van der Waals surface area contributed by atoms with Crippen LogP contribution in [0.15, 0.2) is 41.1 Å². The van der Waals surface area contributed by atoms with Crippen LogP contribution in [0.5, 0.6) is 0 Å². The van der Waals surface area contributed by atoms with Gasteiger partial charge in [-0.05, 0) is 44.5 Å². The van der Waals surface area contributed by atoms with Crippen LogP contribution in [0.3, 0.4) is 0 Å². The topological polar surface area (TPSA) is 78.5 Å². The van der Waals surface area contributed by atoms with E-state index in [4.69, 9.17) is 4.74 Å². The monoisotopic (exact) mass is 363 g/mol. The van der Waals surface area contributed by atoms with Crippen LogP contribution in [-0.2, 0) is 4.74 Å². The predicted molar refractivity (Wildman–Crippen MR) is 84.9 cm³/mol. The fourth-order valence-electron chi connectivity index (χ4n) is 1.46. The van der Waals surface area contributed by atoms with Crippen LogP contribution in [0.4, 0.5) is 9.18 Å². The molecular weight excluding hydrogens is 344 g/mol. The van der Waals surface area contributed by atoms with E-state index < -0.39 is 23.5 Å². The van der Waals surface area contributed by atoms with Crippen LogP contribution in [-0.4, -0.2) is 30.0 Å². The number of carbonyl (C=O) groups is 2. The Morgan fingerprint density at radius 1 is 1.29 bits per heavy atom. The number of benzene rings is 1. The third-order valence-electron chi connectivity index (χ3n) is 2.44. The van der Waals surface area contributed by atoms with Gasteiger partial charge in [-0.25, -0.2) is 9.18 Å². The fraction of sp³-hybridized carbons (Fsp3) is 0.375. The standard InChI is InChI=1S/C16H20FNO4S.Na/c1-16(2,3)22-15(21)18-9-8-12(17)10-23-13-6-4-11(5-7-13)14(19)20;/h4-8H,9-10H2,1-3H3,(H,18,21)(H,19,20);/q;+1/p-1/b12-8-;. The van der Waals surface area contributed by atoms with E-state index in [-0.39, 0.29) is 47.4 Å². The molecule has 8 heteroatoms. The average Bonchev–Trinajstić information content (AvgIpc) is 2.43. The summed E-state index contributed by atoms with van der Waals surface area (Å²) >= 11 is 1.22. The van der Waals surface area contributed by atoms with Gasteiger partial charge >= 0.3 is 35.7 Å². The van der Waals surface area contributed by atoms with Crippen molar-refractivity contribution in [2.24, 2.45) is 0 Å². The Hall–Kier alpha value is -1.02. The Balaban J connectivity index is 0.00000529. The minimum Gasteiger partial charge on any atom is -0.545 e. The normalized spacial score (nSPS) is 11.4. The van der Waals surface area contributed by atoms with Gasteiger partial charge in [0.25, 0.3) is 0 Å². The smallest absolute Gasteiger partial charge is 0.545 e. The van der Waals surface area contributed by atoms with E-state index in [0.29, 0.717) is 0 Å². The van der Waals surface area contributed by atoms with E-state index in [1.807, 2.05) is 0 Å². The van der Waals surface area contributed by atoms with Crippen LogP contribution in [0.25, 0.3) is 0 Å². The molecule has 1 aromatic carbocycles. The van der Waals surface area contributed by atoms with Gasteiger partial charge in [-0.1, -0.05) is 12.1 Å². The van der Waals surface area contributed by atoms with Crippen LogP contribution >= 0.6 is 11.8 Å². The molecule has 0 aromatic heterocycles. The Kier molecular flexibility index (Phi) is 10.3. The number of halogens is 1. The third kappa shape index (κ3) is 9.97. The minimum atomic E-state index is -1.25. The first kappa shape index (κ1) is 23.0. The maximum atomic E-state index is 13.6. The summed E-state index contributed by atoms with van der Waals surface area (Å²) in [7, 11) is 0. The van der Waals surface area contributed by atoms with Crippen molar-refractivity contribution in [1.29, 1.82) is 0 Å². The largest absolute Gasteiger partial charge is 1.00 e. The molecule has 1 rings (SSSR count). The number of hydrogen-bond acceptors (Lipinski definition) is 5. The van der Waals surface area contributed by atoms with Gasteiger partial charge in [0.2, 0.25) is 0 Å². The number of rotatable bonds is 6. The second kappa shape index (κ2) is 10.8. The molecule has 24 heavy (non-hydrogen) atoms. The Bertz CT molecular complexity index is 585. The van der Waals surface area contributed by atoms with Crippen LogP contribution < -0.4 is 40.0 Å². The molecular formula is C16H19FNNaO4S. The first-order valence-corrected chi connectivity index (χ1v) is 7.91. The summed E-state index contributed by atoms with van der Waals surface area (Å²) in [6.07, 6.45) is 0.652. The molecule has 0 aliphatic rings.